The highest BCUT2D eigenvalue weighted by Gasteiger charge is 2.17. The lowest BCUT2D eigenvalue weighted by Gasteiger charge is -2.20. The van der Waals surface area contributed by atoms with Gasteiger partial charge in [0.05, 0.1) is 5.75 Å². The largest absolute Gasteiger partial charge is 0.336 e. The van der Waals surface area contributed by atoms with Crippen LogP contribution in [0.15, 0.2) is 29.4 Å². The second kappa shape index (κ2) is 9.02. The van der Waals surface area contributed by atoms with Crippen LogP contribution >= 0.6 is 11.8 Å². The number of aryl methyl sites for hydroxylation is 1. The number of carbonyl (C=O) groups excluding carboxylic acids is 1. The van der Waals surface area contributed by atoms with Crippen molar-refractivity contribution >= 4 is 23.4 Å². The highest BCUT2D eigenvalue weighted by molar-refractivity contribution is 7.99. The number of thioether (sulfide) groups is 1. The van der Waals surface area contributed by atoms with Crippen molar-refractivity contribution in [3.63, 3.8) is 0 Å². The molecule has 0 spiro atoms. The van der Waals surface area contributed by atoms with E-state index in [-0.39, 0.29) is 17.5 Å². The number of halogens is 1. The molecule has 1 amide bonds. The van der Waals surface area contributed by atoms with Gasteiger partial charge < -0.3 is 11.2 Å². The van der Waals surface area contributed by atoms with Gasteiger partial charge in [0, 0.05) is 12.1 Å². The van der Waals surface area contributed by atoms with Crippen LogP contribution in [0.5, 0.6) is 0 Å². The van der Waals surface area contributed by atoms with Crippen LogP contribution in [0.25, 0.3) is 0 Å². The van der Waals surface area contributed by atoms with E-state index < -0.39 is 0 Å². The number of aromatic nitrogens is 3. The van der Waals surface area contributed by atoms with Gasteiger partial charge in [-0.15, -0.1) is 10.2 Å². The Balaban J connectivity index is 1.47. The predicted molar refractivity (Wildman–Crippen MR) is 101 cm³/mol. The number of rotatable bonds is 7. The minimum absolute atomic E-state index is 0.133. The van der Waals surface area contributed by atoms with Crippen LogP contribution in [0, 0.1) is 11.7 Å². The third-order valence-corrected chi connectivity index (χ3v) is 5.62. The fourth-order valence-electron chi connectivity index (χ4n) is 3.28. The number of benzene rings is 1. The summed E-state index contributed by atoms with van der Waals surface area (Å²) < 4.78 is 14.6. The molecule has 6 nitrogen and oxygen atoms in total. The van der Waals surface area contributed by atoms with Crippen LogP contribution in [0.4, 0.5) is 10.1 Å². The fourth-order valence-corrected chi connectivity index (χ4v) is 3.95. The van der Waals surface area contributed by atoms with Crippen molar-refractivity contribution in [3.05, 3.63) is 35.9 Å². The van der Waals surface area contributed by atoms with Crippen molar-refractivity contribution in [2.24, 2.45) is 5.92 Å². The number of nitrogen functional groups attached to an aromatic ring is 1. The van der Waals surface area contributed by atoms with E-state index in [1.807, 2.05) is 0 Å². The summed E-state index contributed by atoms with van der Waals surface area (Å²) >= 11 is 1.22. The van der Waals surface area contributed by atoms with Crippen molar-refractivity contribution < 1.29 is 9.18 Å². The van der Waals surface area contributed by atoms with E-state index in [9.17, 15) is 9.18 Å². The maximum absolute atomic E-state index is 13.1. The Morgan fingerprint density at radius 1 is 1.31 bits per heavy atom. The summed E-state index contributed by atoms with van der Waals surface area (Å²) in [6.07, 6.45) is 8.47. The van der Waals surface area contributed by atoms with Gasteiger partial charge in [0.1, 0.15) is 5.82 Å². The summed E-state index contributed by atoms with van der Waals surface area (Å²) in [5.74, 6) is 7.08. The summed E-state index contributed by atoms with van der Waals surface area (Å²) in [7, 11) is 0. The first kappa shape index (κ1) is 18.7. The standard InChI is InChI=1S/C18H24FN5OS/c19-14-7-4-8-15(11-14)21-17(25)12-26-18-23-22-16(24(18)20)10-9-13-5-2-1-3-6-13/h4,7-8,11,13H,1-3,5-6,9-10,12,20H2,(H,21,25). The fraction of sp³-hybridized carbons (Fsp3) is 0.500. The van der Waals surface area contributed by atoms with Crippen molar-refractivity contribution in [2.75, 3.05) is 16.9 Å². The molecule has 1 aliphatic carbocycles. The van der Waals surface area contributed by atoms with Gasteiger partial charge in [-0.3, -0.25) is 4.79 Å². The summed E-state index contributed by atoms with van der Waals surface area (Å²) in [6.45, 7) is 0. The molecule has 1 aliphatic rings. The maximum atomic E-state index is 13.1. The van der Waals surface area contributed by atoms with Gasteiger partial charge in [0.15, 0.2) is 5.82 Å². The van der Waals surface area contributed by atoms with Crippen LogP contribution in [-0.2, 0) is 11.2 Å². The Morgan fingerprint density at radius 2 is 2.12 bits per heavy atom. The first-order chi connectivity index (χ1) is 12.6. The molecular formula is C18H24FN5OS. The normalized spacial score (nSPS) is 15.1. The van der Waals surface area contributed by atoms with Crippen molar-refractivity contribution in [1.29, 1.82) is 0 Å². The molecule has 0 aliphatic heterocycles. The molecule has 2 aromatic rings. The molecule has 3 rings (SSSR count). The molecule has 1 saturated carbocycles. The van der Waals surface area contributed by atoms with Crippen LogP contribution in [0.3, 0.4) is 0 Å². The molecule has 1 heterocycles. The molecule has 1 fully saturated rings. The average molecular weight is 377 g/mol. The molecular weight excluding hydrogens is 353 g/mol. The third-order valence-electron chi connectivity index (χ3n) is 4.68. The highest BCUT2D eigenvalue weighted by atomic mass is 32.2. The molecule has 1 aromatic carbocycles. The van der Waals surface area contributed by atoms with E-state index in [0.717, 1.165) is 24.6 Å². The lowest BCUT2D eigenvalue weighted by molar-refractivity contribution is -0.113. The first-order valence-corrected chi connectivity index (χ1v) is 9.98. The molecule has 26 heavy (non-hydrogen) atoms. The second-order valence-electron chi connectivity index (χ2n) is 6.66. The Bertz CT molecular complexity index is 745. The number of hydrogen-bond donors (Lipinski definition) is 2. The third kappa shape index (κ3) is 5.20. The van der Waals surface area contributed by atoms with Gasteiger partial charge in [0.25, 0.3) is 0 Å². The maximum Gasteiger partial charge on any atom is 0.234 e. The minimum atomic E-state index is -0.389. The average Bonchev–Trinajstić information content (AvgIpc) is 2.99. The van der Waals surface area contributed by atoms with Crippen LogP contribution < -0.4 is 11.2 Å². The first-order valence-electron chi connectivity index (χ1n) is 8.99. The van der Waals surface area contributed by atoms with Crippen molar-refractivity contribution in [3.8, 4) is 0 Å². The van der Waals surface area contributed by atoms with Gasteiger partial charge in [-0.2, -0.15) is 0 Å². The van der Waals surface area contributed by atoms with E-state index in [1.54, 1.807) is 12.1 Å². The highest BCUT2D eigenvalue weighted by Crippen LogP contribution is 2.27. The molecule has 140 valence electrons. The number of hydrogen-bond acceptors (Lipinski definition) is 5. The van der Waals surface area contributed by atoms with Crippen LogP contribution in [-0.4, -0.2) is 26.5 Å². The van der Waals surface area contributed by atoms with E-state index in [0.29, 0.717) is 10.8 Å². The van der Waals surface area contributed by atoms with E-state index in [4.69, 9.17) is 5.84 Å². The van der Waals surface area contributed by atoms with Crippen LogP contribution in [0.2, 0.25) is 0 Å². The van der Waals surface area contributed by atoms with Gasteiger partial charge in [-0.05, 0) is 30.5 Å². The molecule has 0 atom stereocenters. The quantitative estimate of drug-likeness (QED) is 0.571. The summed E-state index contributed by atoms with van der Waals surface area (Å²) in [5.41, 5.74) is 0.429. The van der Waals surface area contributed by atoms with Gasteiger partial charge in [0.2, 0.25) is 11.1 Å². The van der Waals surface area contributed by atoms with Gasteiger partial charge >= 0.3 is 0 Å². The Hall–Kier alpha value is -2.09. The molecule has 0 bridgehead atoms. The van der Waals surface area contributed by atoms with Crippen molar-refractivity contribution in [1.82, 2.24) is 14.9 Å². The number of nitrogens with zero attached hydrogens (tertiary/aromatic N) is 3. The van der Waals surface area contributed by atoms with E-state index in [2.05, 4.69) is 15.5 Å². The molecule has 1 aromatic heterocycles. The van der Waals surface area contributed by atoms with E-state index in [1.165, 1.54) is 60.7 Å². The SMILES string of the molecule is Nn1c(CCC2CCCCC2)nnc1SCC(=O)Nc1cccc(F)c1. The van der Waals surface area contributed by atoms with Crippen LogP contribution in [0.1, 0.15) is 44.3 Å². The lowest BCUT2D eigenvalue weighted by Crippen LogP contribution is -2.18. The number of nitrogens with two attached hydrogens (primary N) is 1. The van der Waals surface area contributed by atoms with Gasteiger partial charge in [-0.25, -0.2) is 9.07 Å². The summed E-state index contributed by atoms with van der Waals surface area (Å²) in [6, 6.07) is 5.79. The minimum Gasteiger partial charge on any atom is -0.336 e. The smallest absolute Gasteiger partial charge is 0.234 e. The molecule has 0 radical (unpaired) electrons. The Labute approximate surface area is 156 Å². The zero-order valence-corrected chi connectivity index (χ0v) is 15.5. The van der Waals surface area contributed by atoms with Crippen molar-refractivity contribution in [2.45, 2.75) is 50.1 Å². The van der Waals surface area contributed by atoms with Gasteiger partial charge in [-0.1, -0.05) is 49.9 Å². The number of amides is 1. The van der Waals surface area contributed by atoms with E-state index >= 15 is 0 Å². The summed E-state index contributed by atoms with van der Waals surface area (Å²) in [4.78, 5) is 12.0. The summed E-state index contributed by atoms with van der Waals surface area (Å²) in [5, 5.41) is 11.4. The Kier molecular flexibility index (Phi) is 6.49. The zero-order valence-electron chi connectivity index (χ0n) is 14.7. The molecule has 8 heteroatoms. The Morgan fingerprint density at radius 3 is 2.88 bits per heavy atom. The monoisotopic (exact) mass is 377 g/mol. The topological polar surface area (TPSA) is 85.8 Å². The molecule has 3 N–H and O–H groups in total. The molecule has 0 saturated heterocycles. The second-order valence-corrected chi connectivity index (χ2v) is 7.60. The number of anilines is 1. The predicted octanol–water partition coefficient (Wildman–Crippen LogP) is 3.37. The zero-order chi connectivity index (χ0) is 18.4. The lowest BCUT2D eigenvalue weighted by atomic mass is 9.86. The number of nitrogens with one attached hydrogen (secondary N) is 1. The number of carbonyl (C=O) groups is 1. The molecule has 0 unspecified atom stereocenters.